The SMILES string of the molecule is CCCC(CCc1cc(Cl)ccc1OC)NC. The standard InChI is InChI=1S/C14H22ClNO/c1-4-5-13(16-2)8-6-11-10-12(15)7-9-14(11)17-3/h7,9-10,13,16H,4-6,8H2,1-3H3. The lowest BCUT2D eigenvalue weighted by Gasteiger charge is -2.16. The third-order valence-corrected chi connectivity index (χ3v) is 3.29. The molecule has 2 nitrogen and oxygen atoms in total. The summed E-state index contributed by atoms with van der Waals surface area (Å²) < 4.78 is 5.35. The average Bonchev–Trinajstić information content (AvgIpc) is 2.34. The van der Waals surface area contributed by atoms with E-state index in [1.165, 1.54) is 18.4 Å². The Balaban J connectivity index is 2.63. The topological polar surface area (TPSA) is 21.3 Å². The molecule has 0 saturated carbocycles. The van der Waals surface area contributed by atoms with E-state index in [2.05, 4.69) is 12.2 Å². The maximum absolute atomic E-state index is 6.01. The van der Waals surface area contributed by atoms with E-state index in [9.17, 15) is 0 Å². The molecule has 1 rings (SSSR count). The van der Waals surface area contributed by atoms with Gasteiger partial charge in [0.2, 0.25) is 0 Å². The molecule has 0 fully saturated rings. The summed E-state index contributed by atoms with van der Waals surface area (Å²) in [7, 11) is 3.73. The summed E-state index contributed by atoms with van der Waals surface area (Å²) in [5.41, 5.74) is 1.19. The molecular weight excluding hydrogens is 234 g/mol. The first-order valence-electron chi connectivity index (χ1n) is 6.21. The zero-order valence-corrected chi connectivity index (χ0v) is 11.7. The monoisotopic (exact) mass is 255 g/mol. The second-order valence-electron chi connectivity index (χ2n) is 4.27. The molecule has 3 heteroatoms. The summed E-state index contributed by atoms with van der Waals surface area (Å²) in [5, 5.41) is 4.13. The van der Waals surface area contributed by atoms with Crippen LogP contribution in [0.2, 0.25) is 5.02 Å². The quantitative estimate of drug-likeness (QED) is 0.803. The predicted octanol–water partition coefficient (Wildman–Crippen LogP) is 3.67. The van der Waals surface area contributed by atoms with Crippen LogP contribution in [-0.4, -0.2) is 20.2 Å². The van der Waals surface area contributed by atoms with Gasteiger partial charge in [-0.05, 0) is 50.1 Å². The summed E-state index contributed by atoms with van der Waals surface area (Å²) >= 11 is 6.01. The number of ether oxygens (including phenoxy) is 1. The highest BCUT2D eigenvalue weighted by Gasteiger charge is 2.08. The zero-order valence-electron chi connectivity index (χ0n) is 10.9. The molecule has 0 bridgehead atoms. The van der Waals surface area contributed by atoms with Crippen molar-refractivity contribution in [3.63, 3.8) is 0 Å². The lowest BCUT2D eigenvalue weighted by molar-refractivity contribution is 0.406. The Morgan fingerprint density at radius 2 is 2.12 bits per heavy atom. The van der Waals surface area contributed by atoms with Gasteiger partial charge >= 0.3 is 0 Å². The lowest BCUT2D eigenvalue weighted by atomic mass is 10.0. The Morgan fingerprint density at radius 3 is 2.71 bits per heavy atom. The first-order chi connectivity index (χ1) is 8.21. The van der Waals surface area contributed by atoms with Crippen molar-refractivity contribution in [1.29, 1.82) is 0 Å². The number of halogens is 1. The molecule has 1 aromatic carbocycles. The fourth-order valence-electron chi connectivity index (χ4n) is 2.05. The minimum absolute atomic E-state index is 0.573. The van der Waals surface area contributed by atoms with Crippen LogP contribution in [0.1, 0.15) is 31.7 Å². The van der Waals surface area contributed by atoms with Crippen molar-refractivity contribution < 1.29 is 4.74 Å². The first-order valence-corrected chi connectivity index (χ1v) is 6.58. The third kappa shape index (κ3) is 4.57. The highest BCUT2D eigenvalue weighted by molar-refractivity contribution is 6.30. The number of methoxy groups -OCH3 is 1. The fraction of sp³-hybridized carbons (Fsp3) is 0.571. The molecule has 1 aromatic rings. The van der Waals surface area contributed by atoms with E-state index in [1.807, 2.05) is 25.2 Å². The summed E-state index contributed by atoms with van der Waals surface area (Å²) in [4.78, 5) is 0. The van der Waals surface area contributed by atoms with E-state index < -0.39 is 0 Å². The van der Waals surface area contributed by atoms with Gasteiger partial charge in [-0.15, -0.1) is 0 Å². The highest BCUT2D eigenvalue weighted by atomic mass is 35.5. The summed E-state index contributed by atoms with van der Waals surface area (Å²) in [6.07, 6.45) is 4.52. The van der Waals surface area contributed by atoms with Crippen LogP contribution in [0.4, 0.5) is 0 Å². The minimum atomic E-state index is 0.573. The van der Waals surface area contributed by atoms with Gasteiger partial charge in [-0.2, -0.15) is 0 Å². The molecule has 0 heterocycles. The molecule has 0 aliphatic carbocycles. The molecule has 1 unspecified atom stereocenters. The molecule has 96 valence electrons. The molecule has 0 saturated heterocycles. The predicted molar refractivity (Wildman–Crippen MR) is 74.1 cm³/mol. The van der Waals surface area contributed by atoms with Crippen molar-refractivity contribution in [2.45, 2.75) is 38.6 Å². The smallest absolute Gasteiger partial charge is 0.122 e. The minimum Gasteiger partial charge on any atom is -0.496 e. The summed E-state index contributed by atoms with van der Waals surface area (Å²) in [5.74, 6) is 0.931. The Morgan fingerprint density at radius 1 is 1.35 bits per heavy atom. The van der Waals surface area contributed by atoms with E-state index >= 15 is 0 Å². The molecule has 0 amide bonds. The van der Waals surface area contributed by atoms with E-state index in [0.717, 1.165) is 23.6 Å². The van der Waals surface area contributed by atoms with Gasteiger partial charge in [0.25, 0.3) is 0 Å². The molecule has 0 aliphatic heterocycles. The normalized spacial score (nSPS) is 12.5. The Kier molecular flexibility index (Phi) is 6.38. The van der Waals surface area contributed by atoms with Crippen LogP contribution in [0.5, 0.6) is 5.75 Å². The average molecular weight is 256 g/mol. The van der Waals surface area contributed by atoms with Gasteiger partial charge in [0, 0.05) is 11.1 Å². The number of nitrogens with one attached hydrogen (secondary N) is 1. The van der Waals surface area contributed by atoms with E-state index in [4.69, 9.17) is 16.3 Å². The number of benzene rings is 1. The van der Waals surface area contributed by atoms with Crippen LogP contribution < -0.4 is 10.1 Å². The summed E-state index contributed by atoms with van der Waals surface area (Å²) in [6.45, 7) is 2.21. The second-order valence-corrected chi connectivity index (χ2v) is 4.71. The van der Waals surface area contributed by atoms with Crippen molar-refractivity contribution >= 4 is 11.6 Å². The Labute approximate surface area is 109 Å². The van der Waals surface area contributed by atoms with Gasteiger partial charge in [-0.25, -0.2) is 0 Å². The molecule has 1 atom stereocenters. The Bertz CT molecular complexity index is 341. The third-order valence-electron chi connectivity index (χ3n) is 3.05. The molecule has 0 aromatic heterocycles. The zero-order chi connectivity index (χ0) is 12.7. The molecular formula is C14H22ClNO. The maximum Gasteiger partial charge on any atom is 0.122 e. The van der Waals surface area contributed by atoms with Crippen molar-refractivity contribution in [3.05, 3.63) is 28.8 Å². The molecule has 0 spiro atoms. The van der Waals surface area contributed by atoms with Gasteiger partial charge in [-0.3, -0.25) is 0 Å². The number of rotatable bonds is 7. The largest absolute Gasteiger partial charge is 0.496 e. The van der Waals surface area contributed by atoms with Crippen molar-refractivity contribution in [1.82, 2.24) is 5.32 Å². The number of hydrogen-bond acceptors (Lipinski definition) is 2. The van der Waals surface area contributed by atoms with Crippen LogP contribution in [0.25, 0.3) is 0 Å². The van der Waals surface area contributed by atoms with Crippen molar-refractivity contribution in [2.24, 2.45) is 0 Å². The van der Waals surface area contributed by atoms with E-state index in [1.54, 1.807) is 7.11 Å². The first kappa shape index (κ1) is 14.3. The van der Waals surface area contributed by atoms with Gasteiger partial charge in [0.05, 0.1) is 7.11 Å². The number of hydrogen-bond donors (Lipinski definition) is 1. The highest BCUT2D eigenvalue weighted by Crippen LogP contribution is 2.24. The van der Waals surface area contributed by atoms with Crippen LogP contribution >= 0.6 is 11.6 Å². The van der Waals surface area contributed by atoms with Gasteiger partial charge in [0.1, 0.15) is 5.75 Å². The van der Waals surface area contributed by atoms with Gasteiger partial charge in [0.15, 0.2) is 0 Å². The van der Waals surface area contributed by atoms with Crippen molar-refractivity contribution in [2.75, 3.05) is 14.2 Å². The van der Waals surface area contributed by atoms with Crippen LogP contribution in [0, 0.1) is 0 Å². The van der Waals surface area contributed by atoms with Gasteiger partial charge in [-0.1, -0.05) is 24.9 Å². The number of aryl methyl sites for hydroxylation is 1. The van der Waals surface area contributed by atoms with Crippen molar-refractivity contribution in [3.8, 4) is 5.75 Å². The molecule has 17 heavy (non-hydrogen) atoms. The van der Waals surface area contributed by atoms with Gasteiger partial charge < -0.3 is 10.1 Å². The second kappa shape index (κ2) is 7.57. The van der Waals surface area contributed by atoms with Crippen LogP contribution in [-0.2, 0) is 6.42 Å². The Hall–Kier alpha value is -0.730. The van der Waals surface area contributed by atoms with Crippen LogP contribution in [0.15, 0.2) is 18.2 Å². The van der Waals surface area contributed by atoms with Crippen LogP contribution in [0.3, 0.4) is 0 Å². The fourth-order valence-corrected chi connectivity index (χ4v) is 2.25. The van der Waals surface area contributed by atoms with E-state index in [0.29, 0.717) is 6.04 Å². The molecule has 1 N–H and O–H groups in total. The maximum atomic E-state index is 6.01. The molecule has 0 aliphatic rings. The summed E-state index contributed by atoms with van der Waals surface area (Å²) in [6, 6.07) is 6.37. The lowest BCUT2D eigenvalue weighted by Crippen LogP contribution is -2.25. The van der Waals surface area contributed by atoms with E-state index in [-0.39, 0.29) is 0 Å². The molecule has 0 radical (unpaired) electrons.